The first kappa shape index (κ1) is 15.4. The van der Waals surface area contributed by atoms with Gasteiger partial charge in [-0.1, -0.05) is 25.1 Å². The first-order valence-electron chi connectivity index (χ1n) is 7.95. The number of rotatable bonds is 2. The molecule has 0 bridgehead atoms. The third kappa shape index (κ3) is 2.74. The Morgan fingerprint density at radius 3 is 2.45 bits per heavy atom. The second-order valence-corrected chi connectivity index (χ2v) is 7.31. The van der Waals surface area contributed by atoms with Crippen LogP contribution in [0.1, 0.15) is 36.5 Å². The van der Waals surface area contributed by atoms with Crippen LogP contribution in [-0.2, 0) is 4.79 Å². The van der Waals surface area contributed by atoms with Crippen molar-refractivity contribution in [2.24, 2.45) is 0 Å². The van der Waals surface area contributed by atoms with Crippen molar-refractivity contribution in [2.45, 2.75) is 31.1 Å². The topological polar surface area (TPSA) is 40.6 Å². The SMILES string of the molecule is CCC(=O)N1CCC2(CC1)SCCN2C(=O)c1ccccc1. The minimum atomic E-state index is -0.114. The van der Waals surface area contributed by atoms with Crippen LogP contribution in [0.15, 0.2) is 30.3 Å². The van der Waals surface area contributed by atoms with Crippen LogP contribution < -0.4 is 0 Å². The smallest absolute Gasteiger partial charge is 0.254 e. The molecule has 0 aromatic heterocycles. The lowest BCUT2D eigenvalue weighted by molar-refractivity contribution is -0.132. The van der Waals surface area contributed by atoms with Crippen LogP contribution >= 0.6 is 11.8 Å². The highest BCUT2D eigenvalue weighted by Gasteiger charge is 2.46. The molecule has 2 aliphatic heterocycles. The first-order valence-corrected chi connectivity index (χ1v) is 8.93. The number of amides is 2. The van der Waals surface area contributed by atoms with Crippen molar-refractivity contribution in [3.63, 3.8) is 0 Å². The third-order valence-electron chi connectivity index (χ3n) is 4.64. The molecule has 0 N–H and O–H groups in total. The minimum Gasteiger partial charge on any atom is -0.342 e. The Kier molecular flexibility index (Phi) is 4.43. The number of nitrogens with zero attached hydrogens (tertiary/aromatic N) is 2. The highest BCUT2D eigenvalue weighted by Crippen LogP contribution is 2.44. The monoisotopic (exact) mass is 318 g/mol. The van der Waals surface area contributed by atoms with Gasteiger partial charge in [-0.15, -0.1) is 11.8 Å². The predicted octanol–water partition coefficient (Wildman–Crippen LogP) is 2.60. The van der Waals surface area contributed by atoms with E-state index in [4.69, 9.17) is 0 Å². The zero-order valence-electron chi connectivity index (χ0n) is 13.0. The van der Waals surface area contributed by atoms with E-state index in [1.165, 1.54) is 0 Å². The Labute approximate surface area is 135 Å². The second kappa shape index (κ2) is 6.32. The van der Waals surface area contributed by atoms with E-state index in [1.54, 1.807) is 0 Å². The molecule has 1 aromatic rings. The lowest BCUT2D eigenvalue weighted by Crippen LogP contribution is -2.53. The molecule has 5 heteroatoms. The summed E-state index contributed by atoms with van der Waals surface area (Å²) in [4.78, 5) is 28.5. The van der Waals surface area contributed by atoms with Gasteiger partial charge >= 0.3 is 0 Å². The fourth-order valence-corrected chi connectivity index (χ4v) is 4.83. The molecule has 2 heterocycles. The number of piperidine rings is 1. The molecule has 2 aliphatic rings. The summed E-state index contributed by atoms with van der Waals surface area (Å²) in [6.45, 7) is 4.23. The zero-order chi connectivity index (χ0) is 15.6. The Balaban J connectivity index is 1.74. The average molecular weight is 318 g/mol. The minimum absolute atomic E-state index is 0.114. The van der Waals surface area contributed by atoms with E-state index in [-0.39, 0.29) is 16.7 Å². The molecule has 22 heavy (non-hydrogen) atoms. The van der Waals surface area contributed by atoms with Gasteiger partial charge in [0.1, 0.15) is 0 Å². The standard InChI is InChI=1S/C17H22N2O2S/c1-2-15(20)18-10-8-17(9-11-18)19(12-13-22-17)16(21)14-6-4-3-5-7-14/h3-7H,2,8-13H2,1H3. The largest absolute Gasteiger partial charge is 0.342 e. The van der Waals surface area contributed by atoms with E-state index < -0.39 is 0 Å². The molecule has 0 radical (unpaired) electrons. The van der Waals surface area contributed by atoms with Gasteiger partial charge in [-0.25, -0.2) is 0 Å². The van der Waals surface area contributed by atoms with Crippen LogP contribution in [0.4, 0.5) is 0 Å². The van der Waals surface area contributed by atoms with Gasteiger partial charge in [-0.3, -0.25) is 9.59 Å². The van der Waals surface area contributed by atoms with Gasteiger partial charge in [0.2, 0.25) is 5.91 Å². The Morgan fingerprint density at radius 1 is 1.14 bits per heavy atom. The van der Waals surface area contributed by atoms with E-state index in [0.29, 0.717) is 6.42 Å². The van der Waals surface area contributed by atoms with E-state index in [0.717, 1.165) is 43.8 Å². The fourth-order valence-electron chi connectivity index (χ4n) is 3.38. The lowest BCUT2D eigenvalue weighted by atomic mass is 10.0. The van der Waals surface area contributed by atoms with Gasteiger partial charge in [-0.2, -0.15) is 0 Å². The molecule has 0 aliphatic carbocycles. The molecule has 2 saturated heterocycles. The molecule has 118 valence electrons. The summed E-state index contributed by atoms with van der Waals surface area (Å²) >= 11 is 1.89. The third-order valence-corrected chi connectivity index (χ3v) is 6.20. The highest BCUT2D eigenvalue weighted by molar-refractivity contribution is 8.00. The van der Waals surface area contributed by atoms with Crippen LogP contribution in [0.25, 0.3) is 0 Å². The van der Waals surface area contributed by atoms with E-state index in [2.05, 4.69) is 0 Å². The summed E-state index contributed by atoms with van der Waals surface area (Å²) in [7, 11) is 0. The average Bonchev–Trinajstić information content (AvgIpc) is 2.98. The van der Waals surface area contributed by atoms with Crippen LogP contribution in [0, 0.1) is 0 Å². The second-order valence-electron chi connectivity index (χ2n) is 5.85. The molecule has 0 saturated carbocycles. The maximum Gasteiger partial charge on any atom is 0.254 e. The van der Waals surface area contributed by atoms with Crippen molar-refractivity contribution in [3.8, 4) is 0 Å². The number of hydrogen-bond acceptors (Lipinski definition) is 3. The Bertz CT molecular complexity index is 553. The summed E-state index contributed by atoms with van der Waals surface area (Å²) in [5.74, 6) is 1.33. The van der Waals surface area contributed by atoms with Crippen LogP contribution in [0.2, 0.25) is 0 Å². The summed E-state index contributed by atoms with van der Waals surface area (Å²) < 4.78 is 0. The first-order chi connectivity index (χ1) is 10.7. The van der Waals surface area contributed by atoms with Crippen LogP contribution in [-0.4, -0.2) is 51.9 Å². The van der Waals surface area contributed by atoms with Gasteiger partial charge in [0.05, 0.1) is 4.87 Å². The van der Waals surface area contributed by atoms with Gasteiger partial charge in [-0.05, 0) is 25.0 Å². The van der Waals surface area contributed by atoms with Crippen molar-refractivity contribution < 1.29 is 9.59 Å². The number of carbonyl (C=O) groups is 2. The van der Waals surface area contributed by atoms with Crippen molar-refractivity contribution in [2.75, 3.05) is 25.4 Å². The molecule has 0 unspecified atom stereocenters. The lowest BCUT2D eigenvalue weighted by Gasteiger charge is -2.44. The van der Waals surface area contributed by atoms with E-state index in [9.17, 15) is 9.59 Å². The van der Waals surface area contributed by atoms with E-state index >= 15 is 0 Å². The van der Waals surface area contributed by atoms with Crippen LogP contribution in [0.3, 0.4) is 0 Å². The summed E-state index contributed by atoms with van der Waals surface area (Å²) in [5.41, 5.74) is 0.761. The van der Waals surface area contributed by atoms with Gasteiger partial charge in [0.15, 0.2) is 0 Å². The van der Waals surface area contributed by atoms with Gasteiger partial charge < -0.3 is 9.80 Å². The molecule has 1 aromatic carbocycles. The molecule has 0 atom stereocenters. The number of likely N-dealkylation sites (tertiary alicyclic amines) is 1. The molecular weight excluding hydrogens is 296 g/mol. The van der Waals surface area contributed by atoms with Crippen LogP contribution in [0.5, 0.6) is 0 Å². The fraction of sp³-hybridized carbons (Fsp3) is 0.529. The van der Waals surface area contributed by atoms with Gasteiger partial charge in [0.25, 0.3) is 5.91 Å². The maximum absolute atomic E-state index is 12.8. The van der Waals surface area contributed by atoms with Crippen molar-refractivity contribution in [1.82, 2.24) is 9.80 Å². The van der Waals surface area contributed by atoms with Crippen molar-refractivity contribution >= 4 is 23.6 Å². The zero-order valence-corrected chi connectivity index (χ0v) is 13.8. The predicted molar refractivity (Wildman–Crippen MR) is 88.8 cm³/mol. The number of carbonyl (C=O) groups excluding carboxylic acids is 2. The molecule has 2 amide bonds. The van der Waals surface area contributed by atoms with Crippen molar-refractivity contribution in [1.29, 1.82) is 0 Å². The Morgan fingerprint density at radius 2 is 1.82 bits per heavy atom. The highest BCUT2D eigenvalue weighted by atomic mass is 32.2. The number of benzene rings is 1. The number of hydrogen-bond donors (Lipinski definition) is 0. The Hall–Kier alpha value is -1.49. The molecule has 3 rings (SSSR count). The van der Waals surface area contributed by atoms with E-state index in [1.807, 2.05) is 58.8 Å². The summed E-state index contributed by atoms with van der Waals surface area (Å²) in [6.07, 6.45) is 2.32. The molecular formula is C17H22N2O2S. The summed E-state index contributed by atoms with van der Waals surface area (Å²) in [5, 5.41) is 0. The molecule has 1 spiro atoms. The molecule has 4 nitrogen and oxygen atoms in total. The number of thioether (sulfide) groups is 1. The molecule has 2 fully saturated rings. The van der Waals surface area contributed by atoms with Gasteiger partial charge in [0, 0.05) is 37.4 Å². The quantitative estimate of drug-likeness (QED) is 0.841. The summed E-state index contributed by atoms with van der Waals surface area (Å²) in [6, 6.07) is 9.51. The normalized spacial score (nSPS) is 20.4. The maximum atomic E-state index is 12.8. The van der Waals surface area contributed by atoms with Crippen molar-refractivity contribution in [3.05, 3.63) is 35.9 Å².